The average Bonchev–Trinajstić information content (AvgIpc) is 2.98. The highest BCUT2D eigenvalue weighted by Crippen LogP contribution is 2.27. The molecule has 2 aromatic rings. The Kier molecular flexibility index (Phi) is 4.76. The topological polar surface area (TPSA) is 58.5 Å². The average molecular weight is 310 g/mol. The highest BCUT2D eigenvalue weighted by Gasteiger charge is 2.22. The highest BCUT2D eigenvalue weighted by molar-refractivity contribution is 5.79. The Morgan fingerprint density at radius 1 is 1.22 bits per heavy atom. The van der Waals surface area contributed by atoms with E-state index >= 15 is 0 Å². The molecule has 0 fully saturated rings. The maximum absolute atomic E-state index is 5.92. The summed E-state index contributed by atoms with van der Waals surface area (Å²) in [6.07, 6.45) is 1.07. The lowest BCUT2D eigenvalue weighted by Crippen LogP contribution is -2.42. The molecule has 23 heavy (non-hydrogen) atoms. The minimum atomic E-state index is 0.142. The van der Waals surface area contributed by atoms with Crippen molar-refractivity contribution in [2.75, 3.05) is 13.6 Å². The lowest BCUT2D eigenvalue weighted by molar-refractivity contribution is 0.235. The quantitative estimate of drug-likeness (QED) is 0.670. The van der Waals surface area contributed by atoms with E-state index in [9.17, 15) is 0 Å². The molecular formula is C18H22N4O. The van der Waals surface area contributed by atoms with Crippen molar-refractivity contribution in [3.63, 3.8) is 0 Å². The molecule has 5 nitrogen and oxygen atoms in total. The molecule has 1 aromatic carbocycles. The predicted molar refractivity (Wildman–Crippen MR) is 91.7 cm³/mol. The number of fused-ring (bicyclic) bond motifs is 1. The van der Waals surface area contributed by atoms with Crippen LogP contribution in [-0.4, -0.2) is 30.6 Å². The lowest BCUT2D eigenvalue weighted by Gasteiger charge is -2.15. The first kappa shape index (κ1) is 15.3. The van der Waals surface area contributed by atoms with Crippen LogP contribution in [0.15, 0.2) is 47.5 Å². The van der Waals surface area contributed by atoms with Crippen molar-refractivity contribution in [1.82, 2.24) is 15.6 Å². The van der Waals surface area contributed by atoms with E-state index in [1.165, 1.54) is 5.56 Å². The van der Waals surface area contributed by atoms with Crippen LogP contribution in [0.4, 0.5) is 0 Å². The van der Waals surface area contributed by atoms with Crippen molar-refractivity contribution in [2.24, 2.45) is 4.99 Å². The van der Waals surface area contributed by atoms with Gasteiger partial charge in [-0.25, -0.2) is 0 Å². The van der Waals surface area contributed by atoms with E-state index in [4.69, 9.17) is 4.74 Å². The van der Waals surface area contributed by atoms with Gasteiger partial charge in [-0.05, 0) is 30.7 Å². The zero-order valence-corrected chi connectivity index (χ0v) is 13.5. The molecule has 120 valence electrons. The molecule has 0 saturated heterocycles. The van der Waals surface area contributed by atoms with Gasteiger partial charge < -0.3 is 15.4 Å². The minimum Gasteiger partial charge on any atom is -0.488 e. The second-order valence-electron chi connectivity index (χ2n) is 5.63. The number of hydrogen-bond acceptors (Lipinski definition) is 3. The maximum atomic E-state index is 5.92. The molecule has 3 rings (SSSR count). The number of ether oxygens (including phenoxy) is 1. The third-order valence-electron chi connectivity index (χ3n) is 3.82. The molecule has 5 heteroatoms. The minimum absolute atomic E-state index is 0.142. The normalized spacial score (nSPS) is 16.6. The number of pyridine rings is 1. The number of nitrogens with zero attached hydrogens (tertiary/aromatic N) is 2. The summed E-state index contributed by atoms with van der Waals surface area (Å²) in [6.45, 7) is 3.36. The third kappa shape index (κ3) is 4.00. The van der Waals surface area contributed by atoms with Crippen LogP contribution in [0.3, 0.4) is 0 Å². The highest BCUT2D eigenvalue weighted by atomic mass is 16.5. The Labute approximate surface area is 136 Å². The van der Waals surface area contributed by atoms with Gasteiger partial charge in [0.25, 0.3) is 0 Å². The zero-order valence-electron chi connectivity index (χ0n) is 13.5. The molecule has 0 bridgehead atoms. The molecule has 1 aromatic heterocycles. The Bertz CT molecular complexity index is 674. The van der Waals surface area contributed by atoms with Gasteiger partial charge in [0, 0.05) is 19.2 Å². The van der Waals surface area contributed by atoms with Gasteiger partial charge in [0.15, 0.2) is 5.96 Å². The van der Waals surface area contributed by atoms with E-state index in [0.717, 1.165) is 36.1 Å². The summed E-state index contributed by atoms with van der Waals surface area (Å²) in [4.78, 5) is 8.72. The number of para-hydroxylation sites is 1. The molecular weight excluding hydrogens is 288 g/mol. The van der Waals surface area contributed by atoms with Crippen LogP contribution in [0.5, 0.6) is 5.75 Å². The molecule has 0 amide bonds. The van der Waals surface area contributed by atoms with Gasteiger partial charge in [-0.15, -0.1) is 0 Å². The monoisotopic (exact) mass is 310 g/mol. The molecule has 0 saturated carbocycles. The van der Waals surface area contributed by atoms with Gasteiger partial charge in [0.1, 0.15) is 11.9 Å². The number of nitrogens with one attached hydrogen (secondary N) is 2. The van der Waals surface area contributed by atoms with Crippen LogP contribution < -0.4 is 15.4 Å². The summed E-state index contributed by atoms with van der Waals surface area (Å²) < 4.78 is 5.92. The van der Waals surface area contributed by atoms with Gasteiger partial charge >= 0.3 is 0 Å². The van der Waals surface area contributed by atoms with E-state index < -0.39 is 0 Å². The van der Waals surface area contributed by atoms with Gasteiger partial charge in [-0.2, -0.15) is 0 Å². The second kappa shape index (κ2) is 7.13. The van der Waals surface area contributed by atoms with E-state index in [0.29, 0.717) is 6.54 Å². The summed E-state index contributed by atoms with van der Waals surface area (Å²) in [6, 6.07) is 14.2. The van der Waals surface area contributed by atoms with Gasteiger partial charge in [-0.3, -0.25) is 9.98 Å². The molecule has 1 aliphatic heterocycles. The van der Waals surface area contributed by atoms with Crippen molar-refractivity contribution in [1.29, 1.82) is 0 Å². The Balaban J connectivity index is 1.47. The van der Waals surface area contributed by atoms with Crippen molar-refractivity contribution in [3.8, 4) is 5.75 Å². The van der Waals surface area contributed by atoms with Crippen LogP contribution in [0.25, 0.3) is 0 Å². The van der Waals surface area contributed by atoms with E-state index in [1.54, 1.807) is 7.05 Å². The number of aryl methyl sites for hydroxylation is 1. The number of guanidine groups is 1. The molecule has 0 radical (unpaired) electrons. The Hall–Kier alpha value is -2.56. The van der Waals surface area contributed by atoms with Crippen LogP contribution in [0, 0.1) is 6.92 Å². The first-order valence-corrected chi connectivity index (χ1v) is 7.86. The van der Waals surface area contributed by atoms with E-state index in [1.807, 2.05) is 43.3 Å². The number of rotatable bonds is 4. The number of benzene rings is 1. The molecule has 1 aliphatic rings. The first-order chi connectivity index (χ1) is 11.2. The summed E-state index contributed by atoms with van der Waals surface area (Å²) in [5.74, 6) is 1.75. The van der Waals surface area contributed by atoms with Gasteiger partial charge in [0.05, 0.1) is 18.8 Å². The predicted octanol–water partition coefficient (Wildman–Crippen LogP) is 2.06. The second-order valence-corrected chi connectivity index (χ2v) is 5.63. The zero-order chi connectivity index (χ0) is 16.1. The smallest absolute Gasteiger partial charge is 0.191 e. The molecule has 2 heterocycles. The first-order valence-electron chi connectivity index (χ1n) is 7.86. The van der Waals surface area contributed by atoms with Crippen LogP contribution >= 0.6 is 0 Å². The van der Waals surface area contributed by atoms with Crippen LogP contribution in [0.1, 0.15) is 17.0 Å². The van der Waals surface area contributed by atoms with E-state index in [-0.39, 0.29) is 6.10 Å². The third-order valence-corrected chi connectivity index (χ3v) is 3.82. The SMILES string of the molecule is CN=C(NCc1cccc(C)n1)NCC1Cc2ccccc2O1. The Morgan fingerprint density at radius 3 is 2.87 bits per heavy atom. The number of aromatic nitrogens is 1. The molecule has 1 unspecified atom stereocenters. The number of hydrogen-bond donors (Lipinski definition) is 2. The molecule has 0 spiro atoms. The molecule has 0 aliphatic carbocycles. The summed E-state index contributed by atoms with van der Waals surface area (Å²) in [5.41, 5.74) is 3.29. The summed E-state index contributed by atoms with van der Waals surface area (Å²) in [7, 11) is 1.77. The molecule has 2 N–H and O–H groups in total. The fourth-order valence-electron chi connectivity index (χ4n) is 2.67. The maximum Gasteiger partial charge on any atom is 0.191 e. The fraction of sp³-hybridized carbons (Fsp3) is 0.333. The summed E-state index contributed by atoms with van der Waals surface area (Å²) >= 11 is 0. The molecule has 1 atom stereocenters. The van der Waals surface area contributed by atoms with Crippen molar-refractivity contribution in [3.05, 3.63) is 59.4 Å². The number of aliphatic imine (C=N–C) groups is 1. The Morgan fingerprint density at radius 2 is 2.09 bits per heavy atom. The lowest BCUT2D eigenvalue weighted by atomic mass is 10.1. The van der Waals surface area contributed by atoms with Crippen molar-refractivity contribution >= 4 is 5.96 Å². The fourth-order valence-corrected chi connectivity index (χ4v) is 2.67. The van der Waals surface area contributed by atoms with E-state index in [2.05, 4.69) is 26.7 Å². The van der Waals surface area contributed by atoms with Crippen LogP contribution in [-0.2, 0) is 13.0 Å². The van der Waals surface area contributed by atoms with Crippen LogP contribution in [0.2, 0.25) is 0 Å². The van der Waals surface area contributed by atoms with Gasteiger partial charge in [0.2, 0.25) is 0 Å². The van der Waals surface area contributed by atoms with Crippen molar-refractivity contribution < 1.29 is 4.74 Å². The van der Waals surface area contributed by atoms with Gasteiger partial charge in [-0.1, -0.05) is 24.3 Å². The summed E-state index contributed by atoms with van der Waals surface area (Å²) in [5, 5.41) is 6.60. The largest absolute Gasteiger partial charge is 0.488 e. The standard InChI is InChI=1S/C18H22N4O/c1-13-6-5-8-15(22-13)11-20-18(19-2)21-12-16-10-14-7-3-4-9-17(14)23-16/h3-9,16H,10-12H2,1-2H3,(H2,19,20,21). The van der Waals surface area contributed by atoms with Crippen molar-refractivity contribution in [2.45, 2.75) is 26.0 Å².